The smallest absolute Gasteiger partial charge is 0.243 e. The number of benzene rings is 2. The van der Waals surface area contributed by atoms with Crippen molar-refractivity contribution in [1.29, 1.82) is 0 Å². The predicted octanol–water partition coefficient (Wildman–Crippen LogP) is 4.58. The van der Waals surface area contributed by atoms with Gasteiger partial charge in [-0.05, 0) is 69.9 Å². The first-order valence-electron chi connectivity index (χ1n) is 10.8. The molecular formula is C26H36N2O3. The molecule has 0 spiro atoms. The van der Waals surface area contributed by atoms with Gasteiger partial charge in [0.1, 0.15) is 11.8 Å². The third-order valence-electron chi connectivity index (χ3n) is 5.22. The number of hydrogen-bond donors (Lipinski definition) is 1. The highest BCUT2D eigenvalue weighted by atomic mass is 16.5. The van der Waals surface area contributed by atoms with Crippen LogP contribution in [0.5, 0.6) is 5.75 Å². The number of hydrogen-bond acceptors (Lipinski definition) is 3. The van der Waals surface area contributed by atoms with Crippen molar-refractivity contribution in [2.75, 3.05) is 7.11 Å². The van der Waals surface area contributed by atoms with Crippen LogP contribution in [-0.2, 0) is 22.6 Å². The van der Waals surface area contributed by atoms with Gasteiger partial charge >= 0.3 is 0 Å². The Labute approximate surface area is 186 Å². The third kappa shape index (κ3) is 7.12. The molecule has 168 valence electrons. The van der Waals surface area contributed by atoms with Crippen LogP contribution in [0.4, 0.5) is 0 Å². The molecule has 1 N–H and O–H groups in total. The van der Waals surface area contributed by atoms with E-state index in [0.717, 1.165) is 28.0 Å². The SMILES string of the molecule is CC[C@@H](C(=O)NC(C)(C)C)N(Cc1cccc(OC)c1)C(=O)Cc1cc(C)ccc1C. The summed E-state index contributed by atoms with van der Waals surface area (Å²) in [6.45, 7) is 12.2. The number of amides is 2. The summed E-state index contributed by atoms with van der Waals surface area (Å²) in [6.07, 6.45) is 0.793. The van der Waals surface area contributed by atoms with E-state index in [1.165, 1.54) is 0 Å². The molecule has 2 rings (SSSR count). The van der Waals surface area contributed by atoms with Crippen LogP contribution in [0.15, 0.2) is 42.5 Å². The van der Waals surface area contributed by atoms with E-state index >= 15 is 0 Å². The minimum atomic E-state index is -0.553. The van der Waals surface area contributed by atoms with Crippen LogP contribution in [0.3, 0.4) is 0 Å². The summed E-state index contributed by atoms with van der Waals surface area (Å²) in [7, 11) is 1.62. The van der Waals surface area contributed by atoms with E-state index in [4.69, 9.17) is 4.74 Å². The monoisotopic (exact) mass is 424 g/mol. The molecule has 0 aliphatic heterocycles. The number of ether oxygens (including phenoxy) is 1. The van der Waals surface area contributed by atoms with Gasteiger partial charge in [0, 0.05) is 12.1 Å². The molecule has 0 heterocycles. The third-order valence-corrected chi connectivity index (χ3v) is 5.22. The molecular weight excluding hydrogens is 388 g/mol. The van der Waals surface area contributed by atoms with Crippen LogP contribution in [-0.4, -0.2) is 35.4 Å². The van der Waals surface area contributed by atoms with Crippen molar-refractivity contribution in [3.63, 3.8) is 0 Å². The van der Waals surface area contributed by atoms with Crippen LogP contribution in [0.2, 0.25) is 0 Å². The molecule has 2 aromatic rings. The van der Waals surface area contributed by atoms with Crippen molar-refractivity contribution >= 4 is 11.8 Å². The zero-order chi connectivity index (χ0) is 23.2. The number of aryl methyl sites for hydroxylation is 2. The Morgan fingerprint density at radius 3 is 2.42 bits per heavy atom. The van der Waals surface area contributed by atoms with Crippen molar-refractivity contribution in [3.8, 4) is 5.75 Å². The maximum absolute atomic E-state index is 13.5. The predicted molar refractivity (Wildman–Crippen MR) is 125 cm³/mol. The first-order chi connectivity index (χ1) is 14.5. The standard InChI is InChI=1S/C26H36N2O3/c1-8-23(25(30)27-26(4,5)6)28(17-20-10-9-11-22(15-20)31-7)24(29)16-21-14-18(2)12-13-19(21)3/h9-15,23H,8,16-17H2,1-7H3,(H,27,30)/t23-/m0/s1. The van der Waals surface area contributed by atoms with Gasteiger partial charge in [-0.25, -0.2) is 0 Å². The Morgan fingerprint density at radius 2 is 1.81 bits per heavy atom. The number of methoxy groups -OCH3 is 1. The molecule has 1 atom stereocenters. The highest BCUT2D eigenvalue weighted by molar-refractivity contribution is 5.89. The van der Waals surface area contributed by atoms with Crippen molar-refractivity contribution in [3.05, 3.63) is 64.7 Å². The summed E-state index contributed by atoms with van der Waals surface area (Å²) in [5, 5.41) is 3.04. The fraction of sp³-hybridized carbons (Fsp3) is 0.462. The van der Waals surface area contributed by atoms with Gasteiger partial charge < -0.3 is 15.0 Å². The fourth-order valence-electron chi connectivity index (χ4n) is 3.60. The van der Waals surface area contributed by atoms with Crippen LogP contribution in [0.1, 0.15) is 56.4 Å². The number of nitrogens with one attached hydrogen (secondary N) is 1. The normalized spacial score (nSPS) is 12.2. The van der Waals surface area contributed by atoms with Crippen molar-refractivity contribution in [2.24, 2.45) is 0 Å². The van der Waals surface area contributed by atoms with Gasteiger partial charge in [-0.2, -0.15) is 0 Å². The summed E-state index contributed by atoms with van der Waals surface area (Å²) in [6, 6.07) is 13.2. The van der Waals surface area contributed by atoms with Crippen LogP contribution < -0.4 is 10.1 Å². The second kappa shape index (κ2) is 10.5. The number of rotatable bonds is 8. The minimum Gasteiger partial charge on any atom is -0.497 e. The second-order valence-corrected chi connectivity index (χ2v) is 9.14. The highest BCUT2D eigenvalue weighted by Gasteiger charge is 2.30. The molecule has 0 bridgehead atoms. The van der Waals surface area contributed by atoms with E-state index in [0.29, 0.717) is 13.0 Å². The van der Waals surface area contributed by atoms with Gasteiger partial charge in [0.25, 0.3) is 0 Å². The van der Waals surface area contributed by atoms with Crippen LogP contribution >= 0.6 is 0 Å². The van der Waals surface area contributed by atoms with Crippen molar-refractivity contribution in [2.45, 2.75) is 72.5 Å². The van der Waals surface area contributed by atoms with E-state index in [9.17, 15) is 9.59 Å². The molecule has 0 aliphatic carbocycles. The van der Waals surface area contributed by atoms with Crippen molar-refractivity contribution in [1.82, 2.24) is 10.2 Å². The van der Waals surface area contributed by atoms with Gasteiger partial charge in [0.2, 0.25) is 11.8 Å². The zero-order valence-corrected chi connectivity index (χ0v) is 19.9. The van der Waals surface area contributed by atoms with Gasteiger partial charge in [-0.15, -0.1) is 0 Å². The molecule has 0 fully saturated rings. The fourth-order valence-corrected chi connectivity index (χ4v) is 3.60. The Balaban J connectivity index is 2.38. The van der Waals surface area contributed by atoms with Gasteiger partial charge in [0.15, 0.2) is 0 Å². The average Bonchev–Trinajstić information content (AvgIpc) is 2.69. The Kier molecular flexibility index (Phi) is 8.26. The molecule has 5 heteroatoms. The summed E-state index contributed by atoms with van der Waals surface area (Å²) < 4.78 is 5.34. The maximum atomic E-state index is 13.5. The zero-order valence-electron chi connectivity index (χ0n) is 19.9. The molecule has 0 unspecified atom stereocenters. The molecule has 0 saturated carbocycles. The van der Waals surface area contributed by atoms with E-state index in [2.05, 4.69) is 5.32 Å². The highest BCUT2D eigenvalue weighted by Crippen LogP contribution is 2.20. The number of carbonyl (C=O) groups is 2. The second-order valence-electron chi connectivity index (χ2n) is 9.14. The summed E-state index contributed by atoms with van der Waals surface area (Å²) in [5.74, 6) is 0.534. The van der Waals surface area contributed by atoms with Gasteiger partial charge in [-0.1, -0.05) is 42.8 Å². The topological polar surface area (TPSA) is 58.6 Å². The molecule has 2 amide bonds. The lowest BCUT2D eigenvalue weighted by atomic mass is 10.0. The summed E-state index contributed by atoms with van der Waals surface area (Å²) in [4.78, 5) is 28.3. The lowest BCUT2D eigenvalue weighted by Crippen LogP contribution is -2.53. The molecule has 5 nitrogen and oxygen atoms in total. The lowest BCUT2D eigenvalue weighted by molar-refractivity contribution is -0.141. The largest absolute Gasteiger partial charge is 0.497 e. The number of nitrogens with zero attached hydrogens (tertiary/aromatic N) is 1. The average molecular weight is 425 g/mol. The molecule has 0 aliphatic rings. The number of carbonyl (C=O) groups excluding carboxylic acids is 2. The molecule has 31 heavy (non-hydrogen) atoms. The van der Waals surface area contributed by atoms with Crippen molar-refractivity contribution < 1.29 is 14.3 Å². The molecule has 0 radical (unpaired) electrons. The molecule has 0 saturated heterocycles. The van der Waals surface area contributed by atoms with E-state index in [1.807, 2.05) is 84.0 Å². The lowest BCUT2D eigenvalue weighted by Gasteiger charge is -2.33. The van der Waals surface area contributed by atoms with Crippen LogP contribution in [0.25, 0.3) is 0 Å². The Morgan fingerprint density at radius 1 is 1.10 bits per heavy atom. The van der Waals surface area contributed by atoms with Gasteiger partial charge in [-0.3, -0.25) is 9.59 Å². The molecule has 0 aromatic heterocycles. The Bertz CT molecular complexity index is 915. The first kappa shape index (κ1) is 24.4. The van der Waals surface area contributed by atoms with Crippen LogP contribution in [0, 0.1) is 13.8 Å². The maximum Gasteiger partial charge on any atom is 0.243 e. The Hall–Kier alpha value is -2.82. The van der Waals surface area contributed by atoms with E-state index in [-0.39, 0.29) is 23.8 Å². The molecule has 2 aromatic carbocycles. The van der Waals surface area contributed by atoms with Gasteiger partial charge in [0.05, 0.1) is 13.5 Å². The quantitative estimate of drug-likeness (QED) is 0.675. The minimum absolute atomic E-state index is 0.0626. The van der Waals surface area contributed by atoms with E-state index in [1.54, 1.807) is 12.0 Å². The van der Waals surface area contributed by atoms with E-state index < -0.39 is 6.04 Å². The summed E-state index contributed by atoms with van der Waals surface area (Å²) >= 11 is 0. The summed E-state index contributed by atoms with van der Waals surface area (Å²) in [5.41, 5.74) is 3.74. The first-order valence-corrected chi connectivity index (χ1v) is 10.8.